The maximum absolute atomic E-state index is 12.7. The third-order valence-electron chi connectivity index (χ3n) is 5.36. The van der Waals surface area contributed by atoms with Gasteiger partial charge in [-0.3, -0.25) is 0 Å². The van der Waals surface area contributed by atoms with Crippen molar-refractivity contribution < 1.29 is 22.7 Å². The molecule has 2 atom stereocenters. The third kappa shape index (κ3) is 3.20. The van der Waals surface area contributed by atoms with Crippen molar-refractivity contribution in [1.82, 2.24) is 4.90 Å². The summed E-state index contributed by atoms with van der Waals surface area (Å²) in [5, 5.41) is 0. The highest BCUT2D eigenvalue weighted by Gasteiger charge is 2.50. The van der Waals surface area contributed by atoms with Gasteiger partial charge in [-0.15, -0.1) is 0 Å². The fourth-order valence-electron chi connectivity index (χ4n) is 4.16. The minimum Gasteiger partial charge on any atom is -0.444 e. The molecule has 3 aliphatic rings. The Balaban J connectivity index is 1.86. The molecule has 1 saturated heterocycles. The topological polar surface area (TPSA) is 72.9 Å². The number of carbonyl (C=O) groups is 1. The lowest BCUT2D eigenvalue weighted by Crippen LogP contribution is -2.55. The zero-order valence-corrected chi connectivity index (χ0v) is 17.1. The third-order valence-corrected chi connectivity index (χ3v) is 7.53. The number of fused-ring (bicyclic) bond motifs is 1. The van der Waals surface area contributed by atoms with Gasteiger partial charge in [0.15, 0.2) is 9.84 Å². The maximum atomic E-state index is 12.7. The van der Waals surface area contributed by atoms with Gasteiger partial charge in [-0.2, -0.15) is 0 Å². The summed E-state index contributed by atoms with van der Waals surface area (Å²) >= 11 is 0. The fourth-order valence-corrected chi connectivity index (χ4v) is 6.02. The van der Waals surface area contributed by atoms with Gasteiger partial charge in [0.2, 0.25) is 0 Å². The second-order valence-corrected chi connectivity index (χ2v) is 10.4. The van der Waals surface area contributed by atoms with Crippen LogP contribution in [0.2, 0.25) is 0 Å². The van der Waals surface area contributed by atoms with Gasteiger partial charge < -0.3 is 14.4 Å². The van der Waals surface area contributed by atoms with E-state index in [1.807, 2.05) is 40.7 Å². The normalized spacial score (nSPS) is 31.0. The van der Waals surface area contributed by atoms with Gasteiger partial charge in [0.25, 0.3) is 0 Å². The zero-order chi connectivity index (χ0) is 19.3. The van der Waals surface area contributed by atoms with Crippen LogP contribution in [0, 0.1) is 0 Å². The van der Waals surface area contributed by atoms with Crippen LogP contribution in [0.5, 0.6) is 0 Å². The van der Waals surface area contributed by atoms with Crippen molar-refractivity contribution in [1.29, 1.82) is 0 Å². The second-order valence-electron chi connectivity index (χ2n) is 8.37. The summed E-state index contributed by atoms with van der Waals surface area (Å²) in [5.74, 6) is 0. The highest BCUT2D eigenvalue weighted by Crippen LogP contribution is 2.48. The summed E-state index contributed by atoms with van der Waals surface area (Å²) in [6, 6.07) is -0.0905. The van der Waals surface area contributed by atoms with Crippen LogP contribution in [0.15, 0.2) is 21.5 Å². The molecule has 0 aromatic carbocycles. The highest BCUT2D eigenvalue weighted by atomic mass is 32.2. The van der Waals surface area contributed by atoms with Crippen molar-refractivity contribution in [3.63, 3.8) is 0 Å². The van der Waals surface area contributed by atoms with Crippen molar-refractivity contribution in [2.75, 3.05) is 13.2 Å². The molecule has 3 heterocycles. The van der Waals surface area contributed by atoms with Gasteiger partial charge in [0, 0.05) is 30.3 Å². The molecular formula is C19H29NO5S. The first-order valence-electron chi connectivity index (χ1n) is 9.33. The number of sulfone groups is 1. The van der Waals surface area contributed by atoms with Crippen molar-refractivity contribution >= 4 is 15.9 Å². The Bertz CT molecular complexity index is 774. The standard InChI is InChI=1S/C19H29NO5S/c1-6-14-11-15-16(26(14,22)23)7-10-24-19(15)8-9-20(13(2)12-19)17(21)25-18(3,4)5/h11,13H,6-10,12H2,1-5H3/t13-,19+/m0/s1. The molecule has 7 heteroatoms. The van der Waals surface area contributed by atoms with E-state index in [4.69, 9.17) is 9.47 Å². The minimum absolute atomic E-state index is 0.0905. The van der Waals surface area contributed by atoms with Crippen molar-refractivity contribution in [3.05, 3.63) is 21.5 Å². The van der Waals surface area contributed by atoms with Gasteiger partial charge in [-0.1, -0.05) is 6.92 Å². The molecule has 0 aromatic heterocycles. The largest absolute Gasteiger partial charge is 0.444 e. The molecule has 0 saturated carbocycles. The number of carbonyl (C=O) groups excluding carboxylic acids is 1. The average molecular weight is 384 g/mol. The predicted molar refractivity (Wildman–Crippen MR) is 99.3 cm³/mol. The van der Waals surface area contributed by atoms with E-state index >= 15 is 0 Å². The Labute approximate surface area is 156 Å². The number of amides is 1. The summed E-state index contributed by atoms with van der Waals surface area (Å²) in [7, 11) is -3.33. The van der Waals surface area contributed by atoms with E-state index in [9.17, 15) is 13.2 Å². The molecule has 0 N–H and O–H groups in total. The van der Waals surface area contributed by atoms with E-state index < -0.39 is 21.0 Å². The number of likely N-dealkylation sites (tertiary alicyclic amines) is 1. The predicted octanol–water partition coefficient (Wildman–Crippen LogP) is 3.54. The molecule has 3 aliphatic heterocycles. The van der Waals surface area contributed by atoms with Gasteiger partial charge >= 0.3 is 6.09 Å². The molecule has 0 aliphatic carbocycles. The molecule has 6 nitrogen and oxygen atoms in total. The molecule has 0 bridgehead atoms. The molecule has 3 rings (SSSR count). The van der Waals surface area contributed by atoms with Gasteiger partial charge in [0.1, 0.15) is 5.60 Å². The summed E-state index contributed by atoms with van der Waals surface area (Å²) in [4.78, 5) is 15.2. The number of ether oxygens (including phenoxy) is 2. The Morgan fingerprint density at radius 1 is 1.42 bits per heavy atom. The first-order valence-corrected chi connectivity index (χ1v) is 10.8. The number of piperidine rings is 1. The summed E-state index contributed by atoms with van der Waals surface area (Å²) in [5.41, 5.74) is -0.340. The lowest BCUT2D eigenvalue weighted by Gasteiger charge is -2.47. The van der Waals surface area contributed by atoms with Gasteiger partial charge in [0.05, 0.1) is 17.1 Å². The lowest BCUT2D eigenvalue weighted by molar-refractivity contribution is -0.0782. The lowest BCUT2D eigenvalue weighted by atomic mass is 9.79. The van der Waals surface area contributed by atoms with Crippen molar-refractivity contribution in [3.8, 4) is 0 Å². The fraction of sp³-hybridized carbons (Fsp3) is 0.737. The van der Waals surface area contributed by atoms with Crippen LogP contribution in [0.4, 0.5) is 4.79 Å². The summed E-state index contributed by atoms with van der Waals surface area (Å²) < 4.78 is 37.1. The molecule has 146 valence electrons. The Morgan fingerprint density at radius 3 is 2.69 bits per heavy atom. The molecule has 0 unspecified atom stereocenters. The van der Waals surface area contributed by atoms with Crippen LogP contribution in [0.1, 0.15) is 60.3 Å². The van der Waals surface area contributed by atoms with E-state index in [2.05, 4.69) is 0 Å². The molecule has 0 radical (unpaired) electrons. The number of hydrogen-bond acceptors (Lipinski definition) is 5. The first-order chi connectivity index (χ1) is 12.0. The van der Waals surface area contributed by atoms with Crippen LogP contribution < -0.4 is 0 Å². The molecule has 1 fully saturated rings. The van der Waals surface area contributed by atoms with Crippen LogP contribution in [-0.4, -0.2) is 49.8 Å². The van der Waals surface area contributed by atoms with Crippen LogP contribution >= 0.6 is 0 Å². The SMILES string of the molecule is CCC1=CC2=C(CCO[C@@]23CCN(C(=O)OC(C)(C)C)[C@@H](C)C3)S1(=O)=O. The summed E-state index contributed by atoms with van der Waals surface area (Å²) in [6.45, 7) is 10.3. The minimum atomic E-state index is -3.33. The highest BCUT2D eigenvalue weighted by molar-refractivity contribution is 7.99. The number of rotatable bonds is 1. The van der Waals surface area contributed by atoms with Gasteiger partial charge in [-0.05, 0) is 52.2 Å². The molecular weight excluding hydrogens is 354 g/mol. The van der Waals surface area contributed by atoms with Crippen molar-refractivity contribution in [2.24, 2.45) is 0 Å². The van der Waals surface area contributed by atoms with E-state index in [1.54, 1.807) is 4.90 Å². The molecule has 26 heavy (non-hydrogen) atoms. The van der Waals surface area contributed by atoms with Gasteiger partial charge in [-0.25, -0.2) is 13.2 Å². The Kier molecular flexibility index (Phi) is 4.76. The van der Waals surface area contributed by atoms with E-state index in [0.717, 1.165) is 5.57 Å². The molecule has 1 amide bonds. The number of nitrogens with zero attached hydrogens (tertiary/aromatic N) is 1. The first kappa shape index (κ1) is 19.4. The maximum Gasteiger partial charge on any atom is 0.410 e. The number of allylic oxidation sites excluding steroid dienone is 1. The average Bonchev–Trinajstić information content (AvgIpc) is 2.78. The van der Waals surface area contributed by atoms with E-state index in [0.29, 0.717) is 48.6 Å². The van der Waals surface area contributed by atoms with E-state index in [1.165, 1.54) is 0 Å². The smallest absolute Gasteiger partial charge is 0.410 e. The van der Waals surface area contributed by atoms with Crippen LogP contribution in [0.25, 0.3) is 0 Å². The van der Waals surface area contributed by atoms with Crippen LogP contribution in [0.3, 0.4) is 0 Å². The summed E-state index contributed by atoms with van der Waals surface area (Å²) in [6.07, 6.45) is 3.58. The Morgan fingerprint density at radius 2 is 2.12 bits per heavy atom. The number of hydrogen-bond donors (Lipinski definition) is 0. The quantitative estimate of drug-likeness (QED) is 0.692. The van der Waals surface area contributed by atoms with E-state index in [-0.39, 0.29) is 12.1 Å². The Hall–Kier alpha value is -1.34. The molecule has 0 aromatic rings. The monoisotopic (exact) mass is 383 g/mol. The second kappa shape index (κ2) is 6.37. The molecule has 1 spiro atoms. The zero-order valence-electron chi connectivity index (χ0n) is 16.3. The van der Waals surface area contributed by atoms with Crippen molar-refractivity contribution in [2.45, 2.75) is 77.5 Å². The van der Waals surface area contributed by atoms with Crippen LogP contribution in [-0.2, 0) is 19.3 Å².